The predicted octanol–water partition coefficient (Wildman–Crippen LogP) is 5.30. The van der Waals surface area contributed by atoms with Crippen molar-refractivity contribution < 1.29 is 14.3 Å². The molecule has 4 heterocycles. The fraction of sp³-hybridized carbons (Fsp3) is 0.433. The number of aromatic nitrogens is 1. The number of rotatable bonds is 5. The average molecular weight is 514 g/mol. The van der Waals surface area contributed by atoms with Gasteiger partial charge in [-0.25, -0.2) is 9.78 Å². The highest BCUT2D eigenvalue weighted by Gasteiger charge is 2.42. The fourth-order valence-corrected chi connectivity index (χ4v) is 6.14. The first kappa shape index (κ1) is 24.8. The van der Waals surface area contributed by atoms with Crippen molar-refractivity contribution in [2.24, 2.45) is 5.92 Å². The van der Waals surface area contributed by atoms with Gasteiger partial charge in [0, 0.05) is 37.0 Å². The average Bonchev–Trinajstić information content (AvgIpc) is 3.47. The third kappa shape index (κ3) is 4.98. The molecule has 6 rings (SSSR count). The van der Waals surface area contributed by atoms with Crippen molar-refractivity contribution in [1.29, 1.82) is 0 Å². The summed E-state index contributed by atoms with van der Waals surface area (Å²) in [4.78, 5) is 34.5. The largest absolute Gasteiger partial charge is 0.351 e. The molecule has 4 unspecified atom stereocenters. The van der Waals surface area contributed by atoms with Crippen molar-refractivity contribution in [3.8, 4) is 0 Å². The summed E-state index contributed by atoms with van der Waals surface area (Å²) in [6.45, 7) is 8.02. The maximum Gasteiger partial charge on any atom is 0.324 e. The molecule has 3 aliphatic heterocycles. The van der Waals surface area contributed by atoms with Gasteiger partial charge >= 0.3 is 6.03 Å². The molecule has 0 saturated carbocycles. The molecule has 2 fully saturated rings. The van der Waals surface area contributed by atoms with Crippen molar-refractivity contribution >= 4 is 23.4 Å². The first-order valence-corrected chi connectivity index (χ1v) is 13.7. The van der Waals surface area contributed by atoms with Crippen molar-refractivity contribution in [2.75, 3.05) is 36.8 Å². The normalized spacial score (nSPS) is 26.6. The number of pyridine rings is 1. The molecule has 198 valence electrons. The molecule has 38 heavy (non-hydrogen) atoms. The summed E-state index contributed by atoms with van der Waals surface area (Å²) in [6.07, 6.45) is 11.1. The van der Waals surface area contributed by atoms with Gasteiger partial charge in [-0.1, -0.05) is 36.8 Å². The second-order valence-electron chi connectivity index (χ2n) is 11.0. The van der Waals surface area contributed by atoms with E-state index in [0.717, 1.165) is 44.5 Å². The Labute approximate surface area is 223 Å². The van der Waals surface area contributed by atoms with E-state index in [4.69, 9.17) is 4.74 Å². The van der Waals surface area contributed by atoms with Crippen molar-refractivity contribution in [3.05, 3.63) is 77.0 Å². The number of hydrogen-bond donors (Lipinski definition) is 2. The van der Waals surface area contributed by atoms with Gasteiger partial charge < -0.3 is 15.0 Å². The zero-order chi connectivity index (χ0) is 26.2. The van der Waals surface area contributed by atoms with Gasteiger partial charge in [0.1, 0.15) is 5.82 Å². The molecule has 1 aliphatic carbocycles. The summed E-state index contributed by atoms with van der Waals surface area (Å²) in [5.74, 6) is 1.49. The zero-order valence-corrected chi connectivity index (χ0v) is 22.0. The van der Waals surface area contributed by atoms with Crippen LogP contribution >= 0.6 is 0 Å². The van der Waals surface area contributed by atoms with Gasteiger partial charge in [-0.05, 0) is 74.4 Å². The summed E-state index contributed by atoms with van der Waals surface area (Å²) in [5, 5.41) is 5.82. The number of amides is 3. The number of ether oxygens (including phenoxy) is 1. The molecule has 1 aromatic carbocycles. The number of fused-ring (bicyclic) bond motifs is 3. The molecule has 0 radical (unpaired) electrons. The van der Waals surface area contributed by atoms with Crippen LogP contribution < -0.4 is 10.6 Å². The number of carbonyl (C=O) groups is 2. The molecule has 8 heteroatoms. The van der Waals surface area contributed by atoms with Crippen LogP contribution in [0.25, 0.3) is 0 Å². The minimum Gasteiger partial charge on any atom is -0.351 e. The van der Waals surface area contributed by atoms with E-state index in [-0.39, 0.29) is 12.0 Å². The van der Waals surface area contributed by atoms with E-state index in [1.165, 1.54) is 11.1 Å². The van der Waals surface area contributed by atoms with Crippen LogP contribution in [-0.2, 0) is 4.74 Å². The van der Waals surface area contributed by atoms with Crippen LogP contribution in [0.3, 0.4) is 0 Å². The third-order valence-electron chi connectivity index (χ3n) is 8.07. The Kier molecular flexibility index (Phi) is 6.76. The van der Waals surface area contributed by atoms with E-state index in [2.05, 4.69) is 45.7 Å². The van der Waals surface area contributed by atoms with Crippen LogP contribution in [0.1, 0.15) is 66.7 Å². The SMILES string of the molecule is CC1C=CC=C(CN2CCC(c3ccnc(NC(=O)Nc4cccc5c4C4OC(C)CCN4C5=O)c3)C2)C1. The highest BCUT2D eigenvalue weighted by molar-refractivity contribution is 6.04. The molecule has 8 nitrogen and oxygen atoms in total. The Morgan fingerprint density at radius 3 is 2.92 bits per heavy atom. The first-order chi connectivity index (χ1) is 18.4. The van der Waals surface area contributed by atoms with E-state index in [0.29, 0.717) is 35.4 Å². The van der Waals surface area contributed by atoms with E-state index < -0.39 is 12.3 Å². The van der Waals surface area contributed by atoms with Crippen LogP contribution in [0.15, 0.2) is 60.3 Å². The zero-order valence-electron chi connectivity index (χ0n) is 22.0. The van der Waals surface area contributed by atoms with Gasteiger partial charge in [0.2, 0.25) is 0 Å². The fourth-order valence-electron chi connectivity index (χ4n) is 6.14. The van der Waals surface area contributed by atoms with E-state index in [1.54, 1.807) is 23.2 Å². The van der Waals surface area contributed by atoms with Gasteiger partial charge in [0.15, 0.2) is 6.23 Å². The number of nitrogens with one attached hydrogen (secondary N) is 2. The molecule has 2 aromatic rings. The predicted molar refractivity (Wildman–Crippen MR) is 147 cm³/mol. The van der Waals surface area contributed by atoms with Crippen molar-refractivity contribution in [3.63, 3.8) is 0 Å². The summed E-state index contributed by atoms with van der Waals surface area (Å²) < 4.78 is 6.09. The van der Waals surface area contributed by atoms with Crippen LogP contribution in [0.4, 0.5) is 16.3 Å². The second-order valence-corrected chi connectivity index (χ2v) is 11.0. The summed E-state index contributed by atoms with van der Waals surface area (Å²) >= 11 is 0. The van der Waals surface area contributed by atoms with Crippen LogP contribution in [0.2, 0.25) is 0 Å². The number of allylic oxidation sites excluding steroid dienone is 3. The standard InChI is InChI=1S/C30H35N5O3/c1-19-5-3-6-21(15-19)17-34-13-11-23(18-34)22-9-12-31-26(16-22)33-30(37)32-25-8-4-7-24-27(25)29-35(28(24)36)14-10-20(2)38-29/h3-9,12,16,19-20,23,29H,10-11,13-15,17-18H2,1-2H3,(H2,31,32,33,37). The van der Waals surface area contributed by atoms with Gasteiger partial charge in [-0.2, -0.15) is 0 Å². The molecule has 0 bridgehead atoms. The molecule has 1 aromatic heterocycles. The van der Waals surface area contributed by atoms with Crippen molar-refractivity contribution in [2.45, 2.75) is 51.4 Å². The van der Waals surface area contributed by atoms with Crippen LogP contribution in [0, 0.1) is 5.92 Å². The number of nitrogens with zero attached hydrogens (tertiary/aromatic N) is 3. The minimum absolute atomic E-state index is 0.0494. The molecule has 2 N–H and O–H groups in total. The molecular weight excluding hydrogens is 478 g/mol. The number of anilines is 2. The van der Waals surface area contributed by atoms with Crippen LogP contribution in [-0.4, -0.2) is 59.0 Å². The summed E-state index contributed by atoms with van der Waals surface area (Å²) in [6, 6.07) is 9.04. The Balaban J connectivity index is 1.10. The van der Waals surface area contributed by atoms with Crippen LogP contribution in [0.5, 0.6) is 0 Å². The quantitative estimate of drug-likeness (QED) is 0.567. The molecule has 0 spiro atoms. The Bertz CT molecular complexity index is 1300. The lowest BCUT2D eigenvalue weighted by atomic mass is 9.95. The van der Waals surface area contributed by atoms with Gasteiger partial charge in [-0.3, -0.25) is 15.0 Å². The third-order valence-corrected chi connectivity index (χ3v) is 8.07. The number of hydrogen-bond acceptors (Lipinski definition) is 5. The highest BCUT2D eigenvalue weighted by Crippen LogP contribution is 2.42. The lowest BCUT2D eigenvalue weighted by Gasteiger charge is -2.34. The molecule has 2 saturated heterocycles. The number of likely N-dealkylation sites (tertiary alicyclic amines) is 1. The van der Waals surface area contributed by atoms with Gasteiger partial charge in [0.25, 0.3) is 5.91 Å². The van der Waals surface area contributed by atoms with E-state index in [1.807, 2.05) is 25.1 Å². The lowest BCUT2D eigenvalue weighted by Crippen LogP contribution is -2.38. The summed E-state index contributed by atoms with van der Waals surface area (Å²) in [7, 11) is 0. The van der Waals surface area contributed by atoms with Gasteiger partial charge in [-0.15, -0.1) is 0 Å². The molecule has 4 atom stereocenters. The molecular formula is C30H35N5O3. The smallest absolute Gasteiger partial charge is 0.324 e. The van der Waals surface area contributed by atoms with Gasteiger partial charge in [0.05, 0.1) is 11.8 Å². The Hall–Kier alpha value is -3.49. The number of carbonyl (C=O) groups excluding carboxylic acids is 2. The van der Waals surface area contributed by atoms with E-state index in [9.17, 15) is 9.59 Å². The minimum atomic E-state index is -0.465. The number of urea groups is 1. The highest BCUT2D eigenvalue weighted by atomic mass is 16.5. The Morgan fingerprint density at radius 1 is 1.16 bits per heavy atom. The topological polar surface area (TPSA) is 86.8 Å². The van der Waals surface area contributed by atoms with Crippen molar-refractivity contribution in [1.82, 2.24) is 14.8 Å². The second kappa shape index (κ2) is 10.3. The lowest BCUT2D eigenvalue weighted by molar-refractivity contribution is -0.111. The summed E-state index contributed by atoms with van der Waals surface area (Å²) in [5.41, 5.74) is 4.58. The number of benzene rings is 1. The monoisotopic (exact) mass is 513 g/mol. The first-order valence-electron chi connectivity index (χ1n) is 13.7. The Morgan fingerprint density at radius 2 is 2.05 bits per heavy atom. The van der Waals surface area contributed by atoms with E-state index >= 15 is 0 Å². The maximum atomic E-state index is 13.0. The maximum absolute atomic E-state index is 13.0. The molecule has 3 amide bonds. The molecule has 4 aliphatic rings.